The summed E-state index contributed by atoms with van der Waals surface area (Å²) in [5, 5.41) is 1.27. The number of imidazole rings is 1. The van der Waals surface area contributed by atoms with Crippen molar-refractivity contribution < 1.29 is 0 Å². The third-order valence-corrected chi connectivity index (χ3v) is 4.28. The van der Waals surface area contributed by atoms with Crippen LogP contribution in [-0.4, -0.2) is 14.1 Å². The van der Waals surface area contributed by atoms with Gasteiger partial charge in [0, 0.05) is 41.9 Å². The van der Waals surface area contributed by atoms with Gasteiger partial charge in [-0.15, -0.1) is 0 Å². The first-order chi connectivity index (χ1) is 9.79. The van der Waals surface area contributed by atoms with Crippen LogP contribution in [0.25, 0.3) is 22.2 Å². The molecular formula is C16H18N4. The monoisotopic (exact) mass is 266 g/mol. The molecule has 20 heavy (non-hydrogen) atoms. The van der Waals surface area contributed by atoms with Crippen molar-refractivity contribution >= 4 is 10.9 Å². The number of nitrogens with zero attached hydrogens (tertiary/aromatic N) is 3. The van der Waals surface area contributed by atoms with Gasteiger partial charge in [-0.25, -0.2) is 4.98 Å². The molecule has 0 amide bonds. The summed E-state index contributed by atoms with van der Waals surface area (Å²) in [5.41, 5.74) is 10.8. The number of hydrogen-bond donors (Lipinski definition) is 1. The number of nitrogens with two attached hydrogens (primary N) is 1. The molecule has 4 heteroatoms. The molecule has 0 spiro atoms. The molecule has 0 bridgehead atoms. The average molecular weight is 266 g/mol. The van der Waals surface area contributed by atoms with E-state index in [2.05, 4.69) is 46.6 Å². The van der Waals surface area contributed by atoms with Crippen LogP contribution in [0.1, 0.15) is 17.9 Å². The van der Waals surface area contributed by atoms with Crippen LogP contribution in [0.15, 0.2) is 30.5 Å². The second-order valence-corrected chi connectivity index (χ2v) is 5.45. The lowest BCUT2D eigenvalue weighted by molar-refractivity contribution is 0.689. The van der Waals surface area contributed by atoms with Crippen LogP contribution in [0.3, 0.4) is 0 Å². The number of hydrogen-bond acceptors (Lipinski definition) is 2. The molecule has 4 rings (SSSR count). The van der Waals surface area contributed by atoms with Crippen LogP contribution < -0.4 is 5.73 Å². The van der Waals surface area contributed by atoms with Crippen molar-refractivity contribution in [2.45, 2.75) is 25.9 Å². The first kappa shape index (κ1) is 11.7. The summed E-state index contributed by atoms with van der Waals surface area (Å²) in [5.74, 6) is 1.01. The highest BCUT2D eigenvalue weighted by atomic mass is 15.1. The van der Waals surface area contributed by atoms with E-state index in [4.69, 9.17) is 10.7 Å². The van der Waals surface area contributed by atoms with Crippen molar-refractivity contribution in [2.24, 2.45) is 12.8 Å². The standard InChI is InChI=1S/C16H18N4/c1-19-10-12(11-5-2-3-6-13(11)19)16-14-7-4-8-20(14)15(9-17)18-16/h2-3,5-6,10H,4,7-9,17H2,1H3. The number of para-hydroxylation sites is 1. The highest BCUT2D eigenvalue weighted by Gasteiger charge is 2.23. The van der Waals surface area contributed by atoms with Crippen LogP contribution in [0.4, 0.5) is 0 Å². The van der Waals surface area contributed by atoms with E-state index < -0.39 is 0 Å². The van der Waals surface area contributed by atoms with Gasteiger partial charge in [0.2, 0.25) is 0 Å². The summed E-state index contributed by atoms with van der Waals surface area (Å²) in [4.78, 5) is 4.81. The quantitative estimate of drug-likeness (QED) is 0.774. The fourth-order valence-corrected chi connectivity index (χ4v) is 3.36. The van der Waals surface area contributed by atoms with E-state index in [1.54, 1.807) is 0 Å². The van der Waals surface area contributed by atoms with E-state index >= 15 is 0 Å². The third kappa shape index (κ3) is 1.48. The van der Waals surface area contributed by atoms with E-state index in [1.807, 2.05) is 0 Å². The molecule has 0 unspecified atom stereocenters. The fourth-order valence-electron chi connectivity index (χ4n) is 3.36. The Bertz CT molecular complexity index is 794. The van der Waals surface area contributed by atoms with E-state index in [9.17, 15) is 0 Å². The molecule has 2 aromatic heterocycles. The van der Waals surface area contributed by atoms with Crippen LogP contribution >= 0.6 is 0 Å². The van der Waals surface area contributed by atoms with Gasteiger partial charge in [-0.1, -0.05) is 18.2 Å². The van der Waals surface area contributed by atoms with E-state index in [-0.39, 0.29) is 0 Å². The maximum Gasteiger partial charge on any atom is 0.123 e. The first-order valence-corrected chi connectivity index (χ1v) is 7.12. The Morgan fingerprint density at radius 3 is 3.00 bits per heavy atom. The van der Waals surface area contributed by atoms with E-state index in [0.717, 1.165) is 24.5 Å². The van der Waals surface area contributed by atoms with Crippen molar-refractivity contribution in [3.63, 3.8) is 0 Å². The van der Waals surface area contributed by atoms with Crippen LogP contribution in [-0.2, 0) is 26.6 Å². The van der Waals surface area contributed by atoms with Crippen LogP contribution in [0.2, 0.25) is 0 Å². The number of benzene rings is 1. The Kier molecular flexibility index (Phi) is 2.47. The van der Waals surface area contributed by atoms with Gasteiger partial charge in [-0.3, -0.25) is 0 Å². The van der Waals surface area contributed by atoms with Gasteiger partial charge in [0.15, 0.2) is 0 Å². The van der Waals surface area contributed by atoms with Crippen molar-refractivity contribution in [1.82, 2.24) is 14.1 Å². The second-order valence-electron chi connectivity index (χ2n) is 5.45. The molecule has 0 atom stereocenters. The predicted octanol–water partition coefficient (Wildman–Crippen LogP) is 2.45. The number of aryl methyl sites for hydroxylation is 1. The summed E-state index contributed by atoms with van der Waals surface area (Å²) in [6, 6.07) is 8.49. The van der Waals surface area contributed by atoms with E-state index in [0.29, 0.717) is 6.54 Å². The van der Waals surface area contributed by atoms with Gasteiger partial charge in [-0.05, 0) is 18.9 Å². The summed E-state index contributed by atoms with van der Waals surface area (Å²) in [6.45, 7) is 1.57. The lowest BCUT2D eigenvalue weighted by atomic mass is 10.1. The van der Waals surface area contributed by atoms with Crippen molar-refractivity contribution in [3.05, 3.63) is 42.0 Å². The van der Waals surface area contributed by atoms with Crippen molar-refractivity contribution in [1.29, 1.82) is 0 Å². The third-order valence-electron chi connectivity index (χ3n) is 4.28. The minimum absolute atomic E-state index is 0.512. The van der Waals surface area contributed by atoms with Gasteiger partial charge in [0.1, 0.15) is 5.82 Å². The largest absolute Gasteiger partial charge is 0.350 e. The highest BCUT2D eigenvalue weighted by Crippen LogP contribution is 2.34. The smallest absolute Gasteiger partial charge is 0.123 e. The molecule has 0 saturated carbocycles. The summed E-state index contributed by atoms with van der Waals surface area (Å²) >= 11 is 0. The lowest BCUT2D eigenvalue weighted by Crippen LogP contribution is -2.06. The zero-order valence-corrected chi connectivity index (χ0v) is 11.6. The van der Waals surface area contributed by atoms with Gasteiger partial charge < -0.3 is 14.9 Å². The predicted molar refractivity (Wildman–Crippen MR) is 80.4 cm³/mol. The molecule has 1 aromatic carbocycles. The van der Waals surface area contributed by atoms with Crippen molar-refractivity contribution in [2.75, 3.05) is 0 Å². The fraction of sp³-hybridized carbons (Fsp3) is 0.312. The Labute approximate surface area is 117 Å². The summed E-state index contributed by atoms with van der Waals surface area (Å²) in [7, 11) is 2.09. The molecule has 1 aliphatic rings. The molecule has 3 heterocycles. The number of aromatic nitrogens is 3. The number of rotatable bonds is 2. The maximum absolute atomic E-state index is 5.84. The Morgan fingerprint density at radius 2 is 2.15 bits per heavy atom. The molecule has 3 aromatic rings. The second kappa shape index (κ2) is 4.21. The number of fused-ring (bicyclic) bond motifs is 2. The Balaban J connectivity index is 2.01. The maximum atomic E-state index is 5.84. The molecule has 102 valence electrons. The van der Waals surface area contributed by atoms with E-state index in [1.165, 1.54) is 28.6 Å². The molecule has 2 N–H and O–H groups in total. The van der Waals surface area contributed by atoms with Gasteiger partial charge in [-0.2, -0.15) is 0 Å². The molecule has 0 saturated heterocycles. The summed E-state index contributed by atoms with van der Waals surface area (Å²) < 4.78 is 4.48. The average Bonchev–Trinajstić information content (AvgIpc) is 3.13. The van der Waals surface area contributed by atoms with Gasteiger partial charge >= 0.3 is 0 Å². The van der Waals surface area contributed by atoms with Gasteiger partial charge in [0.05, 0.1) is 12.2 Å². The zero-order chi connectivity index (χ0) is 13.7. The lowest BCUT2D eigenvalue weighted by Gasteiger charge is -1.99. The molecule has 1 aliphatic heterocycles. The molecular weight excluding hydrogens is 248 g/mol. The first-order valence-electron chi connectivity index (χ1n) is 7.12. The molecule has 4 nitrogen and oxygen atoms in total. The zero-order valence-electron chi connectivity index (χ0n) is 11.6. The van der Waals surface area contributed by atoms with Crippen molar-refractivity contribution in [3.8, 4) is 11.3 Å². The Morgan fingerprint density at radius 1 is 1.30 bits per heavy atom. The van der Waals surface area contributed by atoms with Gasteiger partial charge in [0.25, 0.3) is 0 Å². The minimum atomic E-state index is 0.512. The van der Waals surface area contributed by atoms with Crippen LogP contribution in [0, 0.1) is 0 Å². The molecule has 0 radical (unpaired) electrons. The summed E-state index contributed by atoms with van der Waals surface area (Å²) in [6.07, 6.45) is 4.49. The normalized spacial score (nSPS) is 14.1. The molecule has 0 aliphatic carbocycles. The molecule has 0 fully saturated rings. The van der Waals surface area contributed by atoms with Crippen LogP contribution in [0.5, 0.6) is 0 Å². The topological polar surface area (TPSA) is 48.8 Å². The highest BCUT2D eigenvalue weighted by molar-refractivity contribution is 5.95. The Hall–Kier alpha value is -2.07. The minimum Gasteiger partial charge on any atom is -0.350 e. The SMILES string of the molecule is Cn1cc(-c2nc(CN)n3c2CCC3)c2ccccc21.